The molecular formula is C16H17ClN4OS. The van der Waals surface area contributed by atoms with E-state index in [-0.39, 0.29) is 18.1 Å². The van der Waals surface area contributed by atoms with Crippen LogP contribution in [0.3, 0.4) is 0 Å². The fourth-order valence-electron chi connectivity index (χ4n) is 3.20. The van der Waals surface area contributed by atoms with Crippen LogP contribution < -0.4 is 5.32 Å². The summed E-state index contributed by atoms with van der Waals surface area (Å²) in [4.78, 5) is 14.9. The second-order valence-corrected chi connectivity index (χ2v) is 7.33. The molecule has 1 fully saturated rings. The van der Waals surface area contributed by atoms with Crippen molar-refractivity contribution >= 4 is 34.3 Å². The van der Waals surface area contributed by atoms with Gasteiger partial charge in [0.15, 0.2) is 5.04 Å². The Hall–Kier alpha value is -1.66. The molecule has 4 rings (SSSR count). The number of carbonyl (C=O) groups is 1. The van der Waals surface area contributed by atoms with E-state index < -0.39 is 0 Å². The molecule has 3 aliphatic heterocycles. The Morgan fingerprint density at radius 3 is 2.91 bits per heavy atom. The molecule has 1 aromatic carbocycles. The van der Waals surface area contributed by atoms with E-state index in [0.717, 1.165) is 35.0 Å². The molecule has 0 bridgehead atoms. The summed E-state index contributed by atoms with van der Waals surface area (Å²) in [6.07, 6.45) is 4.02. The number of carbonyl (C=O) groups excluding carboxylic acids is 1. The molecule has 2 unspecified atom stereocenters. The smallest absolute Gasteiger partial charge is 0.281 e. The first-order valence-corrected chi connectivity index (χ1v) is 8.91. The molecule has 1 saturated heterocycles. The molecule has 3 heterocycles. The molecule has 7 heteroatoms. The van der Waals surface area contributed by atoms with Gasteiger partial charge in [-0.1, -0.05) is 23.7 Å². The zero-order valence-electron chi connectivity index (χ0n) is 12.7. The van der Waals surface area contributed by atoms with Crippen molar-refractivity contribution in [2.24, 2.45) is 5.10 Å². The van der Waals surface area contributed by atoms with Gasteiger partial charge in [-0.05, 0) is 49.2 Å². The Morgan fingerprint density at radius 2 is 2.17 bits per heavy atom. The van der Waals surface area contributed by atoms with Crippen LogP contribution in [0.1, 0.15) is 31.4 Å². The monoisotopic (exact) mass is 348 g/mol. The van der Waals surface area contributed by atoms with Gasteiger partial charge < -0.3 is 10.2 Å². The van der Waals surface area contributed by atoms with Crippen LogP contribution in [-0.4, -0.2) is 33.6 Å². The maximum absolute atomic E-state index is 12.9. The van der Waals surface area contributed by atoms with Crippen molar-refractivity contribution in [3.05, 3.63) is 46.1 Å². The second kappa shape index (κ2) is 5.76. The van der Waals surface area contributed by atoms with Crippen LogP contribution in [0.4, 0.5) is 0 Å². The number of likely N-dealkylation sites (tertiary alicyclic amines) is 1. The summed E-state index contributed by atoms with van der Waals surface area (Å²) >= 11 is 7.41. The summed E-state index contributed by atoms with van der Waals surface area (Å²) in [5.41, 5.74) is 1.14. The first-order chi connectivity index (χ1) is 11.1. The third-order valence-corrected chi connectivity index (χ3v) is 5.61. The van der Waals surface area contributed by atoms with Crippen LogP contribution >= 0.6 is 23.4 Å². The first-order valence-electron chi connectivity index (χ1n) is 7.72. The Labute approximate surface area is 144 Å². The molecule has 1 amide bonds. The van der Waals surface area contributed by atoms with Gasteiger partial charge in [0.25, 0.3) is 5.91 Å². The van der Waals surface area contributed by atoms with Crippen molar-refractivity contribution in [1.82, 2.24) is 15.2 Å². The minimum Gasteiger partial charge on any atom is -0.368 e. The topological polar surface area (TPSA) is 47.9 Å². The summed E-state index contributed by atoms with van der Waals surface area (Å²) in [5, 5.41) is 11.8. The minimum atomic E-state index is 0.0231. The number of nitrogens with zero attached hydrogens (tertiary/aromatic N) is 3. The van der Waals surface area contributed by atoms with E-state index in [1.54, 1.807) is 0 Å². The number of halogens is 1. The lowest BCUT2D eigenvalue weighted by Gasteiger charge is -2.24. The maximum Gasteiger partial charge on any atom is 0.281 e. The quantitative estimate of drug-likeness (QED) is 0.892. The third kappa shape index (κ3) is 2.60. The van der Waals surface area contributed by atoms with E-state index in [0.29, 0.717) is 5.04 Å². The lowest BCUT2D eigenvalue weighted by Crippen LogP contribution is -2.35. The zero-order chi connectivity index (χ0) is 16.0. The largest absolute Gasteiger partial charge is 0.368 e. The fraction of sp³-hybridized carbons (Fsp3) is 0.375. The van der Waals surface area contributed by atoms with Gasteiger partial charge in [0.1, 0.15) is 11.2 Å². The number of benzene rings is 1. The van der Waals surface area contributed by atoms with Gasteiger partial charge in [-0.2, -0.15) is 5.10 Å². The second-order valence-electron chi connectivity index (χ2n) is 5.89. The van der Waals surface area contributed by atoms with Gasteiger partial charge in [0, 0.05) is 17.8 Å². The molecular weight excluding hydrogens is 332 g/mol. The summed E-state index contributed by atoms with van der Waals surface area (Å²) in [6.45, 7) is 2.80. The molecule has 23 heavy (non-hydrogen) atoms. The lowest BCUT2D eigenvalue weighted by molar-refractivity contribution is -0.124. The number of nitrogens with one attached hydrogen (secondary N) is 1. The SMILES string of the molecule is CC1NC=C2SC(C(=O)N3CCCC3c3ccc(Cl)cc3)=NN21. The van der Waals surface area contributed by atoms with E-state index in [4.69, 9.17) is 11.6 Å². The molecule has 0 aromatic heterocycles. The Balaban J connectivity index is 1.55. The molecule has 0 spiro atoms. The van der Waals surface area contributed by atoms with Crippen molar-refractivity contribution in [2.75, 3.05) is 6.54 Å². The van der Waals surface area contributed by atoms with E-state index in [2.05, 4.69) is 10.4 Å². The van der Waals surface area contributed by atoms with E-state index >= 15 is 0 Å². The molecule has 2 atom stereocenters. The minimum absolute atomic E-state index is 0.0231. The highest BCUT2D eigenvalue weighted by atomic mass is 35.5. The van der Waals surface area contributed by atoms with Gasteiger partial charge in [-0.25, -0.2) is 5.01 Å². The molecule has 0 aliphatic carbocycles. The Morgan fingerprint density at radius 1 is 1.39 bits per heavy atom. The molecule has 3 aliphatic rings. The number of hydrazone groups is 1. The average molecular weight is 349 g/mol. The summed E-state index contributed by atoms with van der Waals surface area (Å²) < 4.78 is 0. The van der Waals surface area contributed by atoms with Crippen molar-refractivity contribution in [3.8, 4) is 0 Å². The van der Waals surface area contributed by atoms with Crippen molar-refractivity contribution < 1.29 is 4.79 Å². The van der Waals surface area contributed by atoms with Gasteiger partial charge >= 0.3 is 0 Å². The first kappa shape index (κ1) is 14.9. The molecule has 1 N–H and O–H groups in total. The molecule has 5 nitrogen and oxygen atoms in total. The summed E-state index contributed by atoms with van der Waals surface area (Å²) in [7, 11) is 0. The predicted octanol–water partition coefficient (Wildman–Crippen LogP) is 3.11. The molecule has 0 saturated carbocycles. The zero-order valence-corrected chi connectivity index (χ0v) is 14.3. The normalized spacial score (nSPS) is 26.0. The van der Waals surface area contributed by atoms with Gasteiger partial charge in [0.05, 0.1) is 6.04 Å². The van der Waals surface area contributed by atoms with Crippen LogP contribution in [0.2, 0.25) is 5.02 Å². The standard InChI is InChI=1S/C16H17ClN4OS/c1-10-18-9-14-21(10)19-15(23-14)16(22)20-8-2-3-13(20)11-4-6-12(17)7-5-11/h4-7,9-10,13,18H,2-3,8H2,1H3. The predicted molar refractivity (Wildman–Crippen MR) is 92.7 cm³/mol. The summed E-state index contributed by atoms with van der Waals surface area (Å²) in [6, 6.07) is 7.90. The molecule has 0 radical (unpaired) electrons. The van der Waals surface area contributed by atoms with Gasteiger partial charge in [0.2, 0.25) is 0 Å². The van der Waals surface area contributed by atoms with Crippen LogP contribution in [0.5, 0.6) is 0 Å². The number of amides is 1. The van der Waals surface area contributed by atoms with Gasteiger partial charge in [-0.3, -0.25) is 4.79 Å². The van der Waals surface area contributed by atoms with Crippen LogP contribution in [0.25, 0.3) is 0 Å². The molecule has 1 aromatic rings. The fourth-order valence-corrected chi connectivity index (χ4v) is 4.28. The summed E-state index contributed by atoms with van der Waals surface area (Å²) in [5.74, 6) is 0.0231. The van der Waals surface area contributed by atoms with E-state index in [1.807, 2.05) is 47.3 Å². The molecule has 120 valence electrons. The lowest BCUT2D eigenvalue weighted by atomic mass is 10.0. The number of thioether (sulfide) groups is 1. The van der Waals surface area contributed by atoms with Crippen molar-refractivity contribution in [3.63, 3.8) is 0 Å². The number of hydrogen-bond acceptors (Lipinski definition) is 5. The van der Waals surface area contributed by atoms with Crippen LogP contribution in [0, 0.1) is 0 Å². The Bertz CT molecular complexity index is 703. The van der Waals surface area contributed by atoms with E-state index in [9.17, 15) is 4.79 Å². The highest BCUT2D eigenvalue weighted by Gasteiger charge is 2.38. The highest BCUT2D eigenvalue weighted by molar-refractivity contribution is 8.19. The Kier molecular flexibility index (Phi) is 3.73. The number of rotatable bonds is 2. The number of fused-ring (bicyclic) bond motifs is 1. The van der Waals surface area contributed by atoms with Crippen LogP contribution in [0.15, 0.2) is 40.6 Å². The van der Waals surface area contributed by atoms with Crippen molar-refractivity contribution in [1.29, 1.82) is 0 Å². The maximum atomic E-state index is 12.9. The van der Waals surface area contributed by atoms with E-state index in [1.165, 1.54) is 11.8 Å². The average Bonchev–Trinajstić information content (AvgIpc) is 3.25. The van der Waals surface area contributed by atoms with Crippen LogP contribution in [-0.2, 0) is 4.79 Å². The highest BCUT2D eigenvalue weighted by Crippen LogP contribution is 2.38. The number of hydrogen-bond donors (Lipinski definition) is 1. The van der Waals surface area contributed by atoms with Gasteiger partial charge in [-0.15, -0.1) is 0 Å². The van der Waals surface area contributed by atoms with Crippen molar-refractivity contribution in [2.45, 2.75) is 32.0 Å². The third-order valence-electron chi connectivity index (χ3n) is 4.39.